The molecule has 152 valence electrons. The van der Waals surface area contributed by atoms with Crippen molar-refractivity contribution < 1.29 is 9.47 Å². The molecule has 3 aromatic rings. The molecule has 29 heavy (non-hydrogen) atoms. The third-order valence-corrected chi connectivity index (χ3v) is 6.26. The fraction of sp³-hybridized carbons (Fsp3) is 0.478. The van der Waals surface area contributed by atoms with Gasteiger partial charge in [0.2, 0.25) is 5.88 Å². The number of ether oxygens (including phenoxy) is 2. The summed E-state index contributed by atoms with van der Waals surface area (Å²) in [5.74, 6) is 2.19. The molecule has 1 aliphatic carbocycles. The molecule has 1 aromatic carbocycles. The van der Waals surface area contributed by atoms with Crippen LogP contribution < -0.4 is 9.47 Å². The summed E-state index contributed by atoms with van der Waals surface area (Å²) >= 11 is 0. The highest BCUT2D eigenvalue weighted by Gasteiger charge is 2.25. The maximum absolute atomic E-state index is 5.98. The van der Waals surface area contributed by atoms with Crippen molar-refractivity contribution in [3.05, 3.63) is 42.1 Å². The van der Waals surface area contributed by atoms with Crippen molar-refractivity contribution in [3.8, 4) is 22.9 Å². The molecule has 3 heterocycles. The van der Waals surface area contributed by atoms with E-state index in [-0.39, 0.29) is 0 Å². The fourth-order valence-electron chi connectivity index (χ4n) is 4.35. The van der Waals surface area contributed by atoms with Crippen LogP contribution in [0, 0.1) is 0 Å². The van der Waals surface area contributed by atoms with Crippen molar-refractivity contribution in [1.29, 1.82) is 0 Å². The third kappa shape index (κ3) is 3.69. The molecular formula is C23H28N4O2. The topological polar surface area (TPSA) is 51.9 Å². The monoisotopic (exact) mass is 392 g/mol. The van der Waals surface area contributed by atoms with E-state index < -0.39 is 0 Å². The summed E-state index contributed by atoms with van der Waals surface area (Å²) in [6, 6.07) is 11.0. The summed E-state index contributed by atoms with van der Waals surface area (Å²) < 4.78 is 13.5. The Hall–Kier alpha value is -2.60. The van der Waals surface area contributed by atoms with Gasteiger partial charge in [-0.1, -0.05) is 6.07 Å². The van der Waals surface area contributed by atoms with Crippen molar-refractivity contribution >= 4 is 5.65 Å². The van der Waals surface area contributed by atoms with E-state index in [0.29, 0.717) is 24.4 Å². The van der Waals surface area contributed by atoms with Crippen LogP contribution in [0.1, 0.15) is 43.6 Å². The van der Waals surface area contributed by atoms with Gasteiger partial charge in [0.25, 0.3) is 0 Å². The zero-order valence-electron chi connectivity index (χ0n) is 17.2. The number of hydrogen-bond donors (Lipinski definition) is 0. The molecule has 1 aliphatic heterocycles. The highest BCUT2D eigenvalue weighted by atomic mass is 16.5. The summed E-state index contributed by atoms with van der Waals surface area (Å²) in [6.07, 6.45) is 7.98. The minimum atomic E-state index is 0.622. The summed E-state index contributed by atoms with van der Waals surface area (Å²) in [5.41, 5.74) is 4.08. The Bertz CT molecular complexity index is 1010. The van der Waals surface area contributed by atoms with Crippen molar-refractivity contribution in [2.45, 2.75) is 44.1 Å². The number of nitrogens with zero attached hydrogens (tertiary/aromatic N) is 4. The zero-order valence-corrected chi connectivity index (χ0v) is 17.2. The van der Waals surface area contributed by atoms with Crippen LogP contribution in [-0.2, 0) is 0 Å². The Labute approximate surface area is 171 Å². The highest BCUT2D eigenvalue weighted by molar-refractivity contribution is 5.70. The second-order valence-electron chi connectivity index (χ2n) is 8.23. The van der Waals surface area contributed by atoms with Crippen molar-refractivity contribution in [2.75, 3.05) is 27.3 Å². The molecule has 1 atom stereocenters. The summed E-state index contributed by atoms with van der Waals surface area (Å²) in [7, 11) is 3.92. The van der Waals surface area contributed by atoms with E-state index in [0.717, 1.165) is 29.1 Å². The van der Waals surface area contributed by atoms with Gasteiger partial charge in [-0.25, -0.2) is 9.50 Å². The van der Waals surface area contributed by atoms with Gasteiger partial charge in [-0.15, -0.1) is 5.10 Å². The first-order valence-electron chi connectivity index (χ1n) is 10.6. The number of likely N-dealkylation sites (tertiary alicyclic amines) is 1. The van der Waals surface area contributed by atoms with Crippen LogP contribution in [0.25, 0.3) is 16.9 Å². The maximum Gasteiger partial charge on any atom is 0.231 e. The molecule has 6 heteroatoms. The van der Waals surface area contributed by atoms with Gasteiger partial charge in [0.05, 0.1) is 25.6 Å². The molecule has 1 unspecified atom stereocenters. The zero-order chi connectivity index (χ0) is 19.8. The number of benzene rings is 1. The second kappa shape index (κ2) is 7.67. The standard InChI is InChI=1S/C23H28N4O2/c1-26-12-3-4-18(26)11-13-29-23-10-9-22-24-15-20(27(22)25-23)19-8-7-17(16-5-6-16)14-21(19)28-2/h7-10,14-16,18H,3-6,11-13H2,1-2H3. The lowest BCUT2D eigenvalue weighted by molar-refractivity contribution is 0.227. The van der Waals surface area contributed by atoms with Crippen molar-refractivity contribution in [1.82, 2.24) is 19.5 Å². The second-order valence-corrected chi connectivity index (χ2v) is 8.23. The maximum atomic E-state index is 5.98. The van der Waals surface area contributed by atoms with Crippen LogP contribution >= 0.6 is 0 Å². The quantitative estimate of drug-likeness (QED) is 0.605. The van der Waals surface area contributed by atoms with Crippen LogP contribution in [-0.4, -0.2) is 52.8 Å². The van der Waals surface area contributed by atoms with Crippen LogP contribution in [0.4, 0.5) is 0 Å². The Morgan fingerprint density at radius 2 is 2.03 bits per heavy atom. The van der Waals surface area contributed by atoms with Gasteiger partial charge in [-0.3, -0.25) is 0 Å². The molecule has 1 saturated carbocycles. The molecule has 2 fully saturated rings. The Morgan fingerprint density at radius 1 is 1.14 bits per heavy atom. The van der Waals surface area contributed by atoms with Gasteiger partial charge in [0.15, 0.2) is 5.65 Å². The summed E-state index contributed by atoms with van der Waals surface area (Å²) in [4.78, 5) is 6.94. The predicted molar refractivity (Wildman–Crippen MR) is 113 cm³/mol. The van der Waals surface area contributed by atoms with Crippen LogP contribution in [0.3, 0.4) is 0 Å². The smallest absolute Gasteiger partial charge is 0.231 e. The largest absolute Gasteiger partial charge is 0.496 e. The average molecular weight is 393 g/mol. The van der Waals surface area contributed by atoms with E-state index in [2.05, 4.69) is 35.1 Å². The van der Waals surface area contributed by atoms with Gasteiger partial charge in [0, 0.05) is 17.7 Å². The Balaban J connectivity index is 1.38. The molecule has 2 aliphatic rings. The molecule has 6 nitrogen and oxygen atoms in total. The van der Waals surface area contributed by atoms with Gasteiger partial charge < -0.3 is 14.4 Å². The average Bonchev–Trinajstić information content (AvgIpc) is 3.40. The Morgan fingerprint density at radius 3 is 2.79 bits per heavy atom. The number of imidazole rings is 1. The first-order valence-corrected chi connectivity index (χ1v) is 10.6. The van der Waals surface area contributed by atoms with Gasteiger partial charge in [-0.2, -0.15) is 0 Å². The third-order valence-electron chi connectivity index (χ3n) is 6.26. The van der Waals surface area contributed by atoms with E-state index >= 15 is 0 Å². The van der Waals surface area contributed by atoms with Crippen LogP contribution in [0.2, 0.25) is 0 Å². The van der Waals surface area contributed by atoms with Crippen molar-refractivity contribution in [3.63, 3.8) is 0 Å². The molecule has 5 rings (SSSR count). The minimum Gasteiger partial charge on any atom is -0.496 e. The number of aromatic nitrogens is 3. The number of rotatable bonds is 7. The molecule has 0 radical (unpaired) electrons. The first-order chi connectivity index (χ1) is 14.2. The lowest BCUT2D eigenvalue weighted by Gasteiger charge is -2.19. The van der Waals surface area contributed by atoms with Gasteiger partial charge in [-0.05, 0) is 75.4 Å². The van der Waals surface area contributed by atoms with Gasteiger partial charge >= 0.3 is 0 Å². The molecule has 2 aromatic heterocycles. The predicted octanol–water partition coefficient (Wildman–Crippen LogP) is 4.15. The normalized spacial score (nSPS) is 19.7. The van der Waals surface area contributed by atoms with E-state index in [9.17, 15) is 0 Å². The van der Waals surface area contributed by atoms with Crippen molar-refractivity contribution in [2.24, 2.45) is 0 Å². The van der Waals surface area contributed by atoms with E-state index in [1.807, 2.05) is 22.8 Å². The fourth-order valence-corrected chi connectivity index (χ4v) is 4.35. The number of hydrogen-bond acceptors (Lipinski definition) is 5. The number of methoxy groups -OCH3 is 1. The molecule has 0 N–H and O–H groups in total. The SMILES string of the molecule is COc1cc(C2CC2)ccc1-c1cnc2ccc(OCCC3CCCN3C)nn12. The lowest BCUT2D eigenvalue weighted by Crippen LogP contribution is -2.26. The molecule has 1 saturated heterocycles. The van der Waals surface area contributed by atoms with Gasteiger partial charge in [0.1, 0.15) is 5.75 Å². The molecule has 0 bridgehead atoms. The minimum absolute atomic E-state index is 0.622. The van der Waals surface area contributed by atoms with E-state index in [1.165, 1.54) is 37.8 Å². The van der Waals surface area contributed by atoms with Crippen LogP contribution in [0.5, 0.6) is 11.6 Å². The van der Waals surface area contributed by atoms with E-state index in [4.69, 9.17) is 14.6 Å². The van der Waals surface area contributed by atoms with E-state index in [1.54, 1.807) is 7.11 Å². The molecular weight excluding hydrogens is 364 g/mol. The van der Waals surface area contributed by atoms with Crippen LogP contribution in [0.15, 0.2) is 36.5 Å². The lowest BCUT2D eigenvalue weighted by atomic mass is 10.1. The number of fused-ring (bicyclic) bond motifs is 1. The molecule has 0 spiro atoms. The molecule has 0 amide bonds. The Kier molecular flexibility index (Phi) is 4.87. The summed E-state index contributed by atoms with van der Waals surface area (Å²) in [6.45, 7) is 1.87. The first kappa shape index (κ1) is 18.4. The summed E-state index contributed by atoms with van der Waals surface area (Å²) in [5, 5.41) is 4.70. The highest BCUT2D eigenvalue weighted by Crippen LogP contribution is 2.43.